The van der Waals surface area contributed by atoms with Gasteiger partial charge >= 0.3 is 11.3 Å². The van der Waals surface area contributed by atoms with E-state index in [0.29, 0.717) is 45.1 Å². The summed E-state index contributed by atoms with van der Waals surface area (Å²) in [5.74, 6) is 0. The van der Waals surface area contributed by atoms with Crippen LogP contribution in [0.5, 0.6) is 0 Å². The normalized spacial score (nSPS) is 11.6. The summed E-state index contributed by atoms with van der Waals surface area (Å²) in [5.41, 5.74) is 4.10. The summed E-state index contributed by atoms with van der Waals surface area (Å²) in [5, 5.41) is 5.83. The fourth-order valence-electron chi connectivity index (χ4n) is 6.08. The van der Waals surface area contributed by atoms with Crippen molar-refractivity contribution in [3.8, 4) is 33.9 Å². The van der Waals surface area contributed by atoms with Crippen LogP contribution >= 0.6 is 0 Å². The summed E-state index contributed by atoms with van der Waals surface area (Å²) in [6.45, 7) is 3.80. The lowest BCUT2D eigenvalue weighted by Gasteiger charge is -2.11. The van der Waals surface area contributed by atoms with Crippen LogP contribution in [0.2, 0.25) is 0 Å². The number of aromatic nitrogens is 4. The van der Waals surface area contributed by atoms with Gasteiger partial charge in [0.15, 0.2) is 0 Å². The largest absolute Gasteiger partial charge is 0.422 e. The van der Waals surface area contributed by atoms with Gasteiger partial charge in [0.2, 0.25) is 0 Å². The third-order valence-electron chi connectivity index (χ3n) is 8.17. The van der Waals surface area contributed by atoms with Crippen molar-refractivity contribution in [2.75, 3.05) is 0 Å². The van der Waals surface area contributed by atoms with Crippen molar-refractivity contribution in [2.45, 2.75) is 13.8 Å². The second-order valence-electron chi connectivity index (χ2n) is 10.7. The summed E-state index contributed by atoms with van der Waals surface area (Å²) in [6, 6.07) is 23.5. The van der Waals surface area contributed by atoms with Gasteiger partial charge in [-0.15, -0.1) is 0 Å². The molecule has 8 aromatic rings. The molecule has 0 bridgehead atoms. The van der Waals surface area contributed by atoms with Crippen molar-refractivity contribution in [2.24, 2.45) is 0 Å². The predicted molar refractivity (Wildman–Crippen MR) is 170 cm³/mol. The molecule has 0 aliphatic heterocycles. The molecular weight excluding hydrogens is 552 g/mol. The maximum atomic E-state index is 13.0. The highest BCUT2D eigenvalue weighted by atomic mass is 16.4. The number of rotatable bonds is 3. The highest BCUT2D eigenvalue weighted by molar-refractivity contribution is 6.09. The van der Waals surface area contributed by atoms with Crippen LogP contribution in [0.4, 0.5) is 0 Å². The second kappa shape index (κ2) is 9.78. The third kappa shape index (κ3) is 3.92. The molecule has 0 N–H and O–H groups in total. The fourth-order valence-corrected chi connectivity index (χ4v) is 6.08. The van der Waals surface area contributed by atoms with Crippen LogP contribution in [0, 0.1) is 13.8 Å². The number of hydrogen-bond donors (Lipinski definition) is 0. The Hall–Kier alpha value is -6.02. The highest BCUT2D eigenvalue weighted by Gasteiger charge is 2.19. The van der Waals surface area contributed by atoms with E-state index in [1.165, 1.54) is 12.4 Å². The standard InChI is InChI=1S/C36H22N4O4/c1-19-31-23-9-5-3-7-21(23)11-13-29(31)43-35(41)33(19)27-17-37-25(15-39-27)26-16-40-28(18-38-26)34-20(2)32-24-10-6-4-8-22(24)12-14-30(32)44-36(34)42/h3-18H,1-2H3. The van der Waals surface area contributed by atoms with Gasteiger partial charge in [-0.1, -0.05) is 60.7 Å². The first kappa shape index (κ1) is 25.7. The molecule has 0 aliphatic carbocycles. The zero-order chi connectivity index (χ0) is 29.9. The molecule has 8 rings (SSSR count). The van der Waals surface area contributed by atoms with Crippen LogP contribution < -0.4 is 11.3 Å². The Balaban J connectivity index is 1.17. The van der Waals surface area contributed by atoms with E-state index in [1.807, 2.05) is 86.6 Å². The second-order valence-corrected chi connectivity index (χ2v) is 10.7. The minimum atomic E-state index is -0.478. The van der Waals surface area contributed by atoms with Crippen molar-refractivity contribution in [3.63, 3.8) is 0 Å². The Bertz CT molecular complexity index is 2370. The molecule has 44 heavy (non-hydrogen) atoms. The average molecular weight is 575 g/mol. The van der Waals surface area contributed by atoms with Crippen molar-refractivity contribution in [3.05, 3.63) is 130 Å². The number of nitrogens with zero attached hydrogens (tertiary/aromatic N) is 4. The van der Waals surface area contributed by atoms with Gasteiger partial charge in [0.25, 0.3) is 0 Å². The van der Waals surface area contributed by atoms with Gasteiger partial charge in [0.05, 0.1) is 47.3 Å². The summed E-state index contributed by atoms with van der Waals surface area (Å²) in [4.78, 5) is 44.2. The SMILES string of the molecule is Cc1c(-c2cnc(-c3cnc(-c4c(C)c5c(ccc6ccccc65)oc4=O)cn3)cn2)c(=O)oc2ccc3ccccc3c12. The number of aryl methyl sites for hydroxylation is 2. The molecule has 0 atom stereocenters. The minimum absolute atomic E-state index is 0.361. The Kier molecular flexibility index (Phi) is 5.70. The first-order valence-electron chi connectivity index (χ1n) is 14.0. The average Bonchev–Trinajstić information content (AvgIpc) is 3.05. The summed E-state index contributed by atoms with van der Waals surface area (Å²) >= 11 is 0. The van der Waals surface area contributed by atoms with Crippen molar-refractivity contribution in [1.29, 1.82) is 0 Å². The zero-order valence-electron chi connectivity index (χ0n) is 23.7. The number of hydrogen-bond acceptors (Lipinski definition) is 8. The fraction of sp³-hybridized carbons (Fsp3) is 0.0556. The van der Waals surface area contributed by atoms with Crippen LogP contribution in [0.3, 0.4) is 0 Å². The summed E-state index contributed by atoms with van der Waals surface area (Å²) < 4.78 is 11.4. The molecule has 0 aliphatic rings. The monoisotopic (exact) mass is 574 g/mol. The van der Waals surface area contributed by atoms with E-state index in [4.69, 9.17) is 8.83 Å². The Labute approximate surface area is 249 Å². The van der Waals surface area contributed by atoms with Gasteiger partial charge in [-0.25, -0.2) is 9.59 Å². The topological polar surface area (TPSA) is 112 Å². The van der Waals surface area contributed by atoms with Gasteiger partial charge in [0.1, 0.15) is 22.6 Å². The van der Waals surface area contributed by atoms with Gasteiger partial charge in [-0.05, 0) is 58.7 Å². The first-order chi connectivity index (χ1) is 21.5. The Morgan fingerprint density at radius 2 is 0.864 bits per heavy atom. The van der Waals surface area contributed by atoms with Crippen molar-refractivity contribution in [1.82, 2.24) is 19.9 Å². The van der Waals surface area contributed by atoms with Crippen molar-refractivity contribution >= 4 is 43.5 Å². The maximum absolute atomic E-state index is 13.0. The lowest BCUT2D eigenvalue weighted by molar-refractivity contribution is 0.562. The maximum Gasteiger partial charge on any atom is 0.346 e. The summed E-state index contributed by atoms with van der Waals surface area (Å²) in [6.07, 6.45) is 6.17. The van der Waals surface area contributed by atoms with Gasteiger partial charge < -0.3 is 8.83 Å². The molecule has 0 fully saturated rings. The molecule has 0 spiro atoms. The number of fused-ring (bicyclic) bond motifs is 6. The van der Waals surface area contributed by atoms with Crippen LogP contribution in [0.15, 0.2) is 116 Å². The lowest BCUT2D eigenvalue weighted by atomic mass is 9.98. The number of benzene rings is 4. The Morgan fingerprint density at radius 3 is 1.27 bits per heavy atom. The Morgan fingerprint density at radius 1 is 0.477 bits per heavy atom. The predicted octanol–water partition coefficient (Wildman–Crippen LogP) is 7.40. The highest BCUT2D eigenvalue weighted by Crippen LogP contribution is 2.33. The quantitative estimate of drug-likeness (QED) is 0.158. The molecule has 0 unspecified atom stereocenters. The smallest absolute Gasteiger partial charge is 0.346 e. The van der Waals surface area contributed by atoms with E-state index < -0.39 is 11.3 Å². The van der Waals surface area contributed by atoms with Gasteiger partial charge in [0, 0.05) is 10.8 Å². The van der Waals surface area contributed by atoms with E-state index in [0.717, 1.165) is 43.4 Å². The molecule has 210 valence electrons. The van der Waals surface area contributed by atoms with E-state index in [2.05, 4.69) is 19.9 Å². The molecule has 0 amide bonds. The minimum Gasteiger partial charge on any atom is -0.422 e. The van der Waals surface area contributed by atoms with Crippen LogP contribution in [-0.4, -0.2) is 19.9 Å². The van der Waals surface area contributed by atoms with E-state index in [-0.39, 0.29) is 0 Å². The van der Waals surface area contributed by atoms with E-state index in [9.17, 15) is 9.59 Å². The van der Waals surface area contributed by atoms with Crippen LogP contribution in [-0.2, 0) is 0 Å². The zero-order valence-corrected chi connectivity index (χ0v) is 23.7. The van der Waals surface area contributed by atoms with Gasteiger partial charge in [-0.3, -0.25) is 19.9 Å². The first-order valence-corrected chi connectivity index (χ1v) is 14.0. The van der Waals surface area contributed by atoms with Gasteiger partial charge in [-0.2, -0.15) is 0 Å². The molecule has 0 saturated carbocycles. The molecule has 8 heteroatoms. The lowest BCUT2D eigenvalue weighted by Crippen LogP contribution is -2.08. The molecule has 0 radical (unpaired) electrons. The molecule has 4 aromatic carbocycles. The molecule has 8 nitrogen and oxygen atoms in total. The van der Waals surface area contributed by atoms with Crippen LogP contribution in [0.1, 0.15) is 11.1 Å². The van der Waals surface area contributed by atoms with E-state index >= 15 is 0 Å². The van der Waals surface area contributed by atoms with Crippen molar-refractivity contribution < 1.29 is 8.83 Å². The third-order valence-corrected chi connectivity index (χ3v) is 8.17. The van der Waals surface area contributed by atoms with Crippen LogP contribution in [0.25, 0.3) is 77.4 Å². The molecule has 4 aromatic heterocycles. The molecular formula is C36H22N4O4. The molecule has 0 saturated heterocycles. The van der Waals surface area contributed by atoms with E-state index in [1.54, 1.807) is 12.4 Å². The summed E-state index contributed by atoms with van der Waals surface area (Å²) in [7, 11) is 0. The molecule has 4 heterocycles.